The van der Waals surface area contributed by atoms with E-state index in [9.17, 15) is 5.11 Å². The largest absolute Gasteiger partial charge is 0.454 e. The molecule has 0 radical (unpaired) electrons. The lowest BCUT2D eigenvalue weighted by Gasteiger charge is -2.05. The number of nitrogens with zero attached hydrogens (tertiary/aromatic N) is 1. The molecule has 1 N–H and O–H groups in total. The third-order valence-electron chi connectivity index (χ3n) is 1.84. The zero-order valence-electron chi connectivity index (χ0n) is 6.73. The summed E-state index contributed by atoms with van der Waals surface area (Å²) in [7, 11) is 0. The van der Waals surface area contributed by atoms with Crippen LogP contribution in [0.5, 0.6) is 11.5 Å². The van der Waals surface area contributed by atoms with E-state index in [1.807, 2.05) is 0 Å². The third-order valence-corrected chi connectivity index (χ3v) is 1.84. The molecule has 0 aliphatic carbocycles. The highest BCUT2D eigenvalue weighted by molar-refractivity contribution is 5.50. The molecule has 0 aromatic heterocycles. The minimum Gasteiger partial charge on any atom is -0.454 e. The molecule has 0 spiro atoms. The van der Waals surface area contributed by atoms with E-state index >= 15 is 0 Å². The standard InChI is InChI=1S/C9H7NO3/c10-4-7(11)6-2-1-3-8-9(6)13-5-12-8/h1-3,7,11H,5H2. The fraction of sp³-hybridized carbons (Fsp3) is 0.222. The molecule has 1 atom stereocenters. The van der Waals surface area contributed by atoms with Crippen LogP contribution in [-0.4, -0.2) is 11.9 Å². The Balaban J connectivity index is 2.48. The third kappa shape index (κ3) is 1.19. The molecule has 1 heterocycles. The Hall–Kier alpha value is -1.73. The Morgan fingerprint density at radius 1 is 1.46 bits per heavy atom. The lowest BCUT2D eigenvalue weighted by atomic mass is 10.1. The quantitative estimate of drug-likeness (QED) is 0.649. The number of aliphatic hydroxyl groups is 1. The maximum absolute atomic E-state index is 9.30. The summed E-state index contributed by atoms with van der Waals surface area (Å²) in [5, 5.41) is 17.8. The van der Waals surface area contributed by atoms with Gasteiger partial charge in [0.2, 0.25) is 6.79 Å². The predicted molar refractivity (Wildman–Crippen MR) is 43.1 cm³/mol. The second-order valence-electron chi connectivity index (χ2n) is 2.61. The second kappa shape index (κ2) is 2.96. The number of nitriles is 1. The molecular formula is C9H7NO3. The highest BCUT2D eigenvalue weighted by Gasteiger charge is 2.21. The van der Waals surface area contributed by atoms with Crippen molar-refractivity contribution in [1.82, 2.24) is 0 Å². The Morgan fingerprint density at radius 2 is 2.31 bits per heavy atom. The average Bonchev–Trinajstić information content (AvgIpc) is 2.63. The summed E-state index contributed by atoms with van der Waals surface area (Å²) in [5.41, 5.74) is 0.456. The van der Waals surface area contributed by atoms with Crippen LogP contribution in [0.3, 0.4) is 0 Å². The molecule has 0 saturated carbocycles. The van der Waals surface area contributed by atoms with Gasteiger partial charge in [0.05, 0.1) is 6.07 Å². The normalized spacial score (nSPS) is 15.1. The maximum Gasteiger partial charge on any atom is 0.231 e. The molecule has 1 aromatic rings. The highest BCUT2D eigenvalue weighted by Crippen LogP contribution is 2.37. The van der Waals surface area contributed by atoms with Crippen LogP contribution in [0.4, 0.5) is 0 Å². The molecule has 1 unspecified atom stereocenters. The van der Waals surface area contributed by atoms with Gasteiger partial charge in [-0.1, -0.05) is 12.1 Å². The van der Waals surface area contributed by atoms with Crippen molar-refractivity contribution in [3.63, 3.8) is 0 Å². The van der Waals surface area contributed by atoms with Crippen LogP contribution >= 0.6 is 0 Å². The lowest BCUT2D eigenvalue weighted by molar-refractivity contribution is 0.169. The second-order valence-corrected chi connectivity index (χ2v) is 2.61. The number of ether oxygens (including phenoxy) is 2. The predicted octanol–water partition coefficient (Wildman–Crippen LogP) is 0.972. The Kier molecular flexibility index (Phi) is 1.80. The van der Waals surface area contributed by atoms with Gasteiger partial charge in [0.1, 0.15) is 0 Å². The molecule has 0 amide bonds. The van der Waals surface area contributed by atoms with Crippen molar-refractivity contribution in [2.75, 3.05) is 6.79 Å². The van der Waals surface area contributed by atoms with E-state index in [0.717, 1.165) is 0 Å². The van der Waals surface area contributed by atoms with Gasteiger partial charge < -0.3 is 14.6 Å². The van der Waals surface area contributed by atoms with Crippen LogP contribution < -0.4 is 9.47 Å². The molecule has 4 heteroatoms. The summed E-state index contributed by atoms with van der Waals surface area (Å²) in [4.78, 5) is 0. The average molecular weight is 177 g/mol. The molecule has 0 fully saturated rings. The van der Waals surface area contributed by atoms with Crippen molar-refractivity contribution in [3.8, 4) is 17.6 Å². The number of benzene rings is 1. The van der Waals surface area contributed by atoms with Gasteiger partial charge in [0.25, 0.3) is 0 Å². The summed E-state index contributed by atoms with van der Waals surface area (Å²) >= 11 is 0. The topological polar surface area (TPSA) is 62.5 Å². The zero-order valence-corrected chi connectivity index (χ0v) is 6.73. The number of aliphatic hydroxyl groups excluding tert-OH is 1. The van der Waals surface area contributed by atoms with Crippen LogP contribution in [0.15, 0.2) is 18.2 Å². The molecule has 1 aromatic carbocycles. The van der Waals surface area contributed by atoms with Crippen LogP contribution in [0.1, 0.15) is 11.7 Å². The van der Waals surface area contributed by atoms with Gasteiger partial charge in [-0.3, -0.25) is 0 Å². The zero-order chi connectivity index (χ0) is 9.26. The van der Waals surface area contributed by atoms with E-state index < -0.39 is 6.10 Å². The number of hydrogen-bond donors (Lipinski definition) is 1. The van der Waals surface area contributed by atoms with E-state index in [0.29, 0.717) is 17.1 Å². The van der Waals surface area contributed by atoms with Crippen LogP contribution in [0, 0.1) is 11.3 Å². The fourth-order valence-corrected chi connectivity index (χ4v) is 1.24. The maximum atomic E-state index is 9.30. The molecule has 1 aliphatic rings. The van der Waals surface area contributed by atoms with E-state index in [-0.39, 0.29) is 6.79 Å². The van der Waals surface area contributed by atoms with E-state index in [1.165, 1.54) is 0 Å². The SMILES string of the molecule is N#CC(O)c1cccc2c1OCO2. The van der Waals surface area contributed by atoms with Crippen molar-refractivity contribution in [2.24, 2.45) is 0 Å². The first-order valence-electron chi connectivity index (χ1n) is 3.79. The fourth-order valence-electron chi connectivity index (χ4n) is 1.24. The van der Waals surface area contributed by atoms with Crippen LogP contribution in [0.2, 0.25) is 0 Å². The molecule has 4 nitrogen and oxygen atoms in total. The van der Waals surface area contributed by atoms with Gasteiger partial charge in [-0.05, 0) is 6.07 Å². The van der Waals surface area contributed by atoms with Gasteiger partial charge in [-0.2, -0.15) is 5.26 Å². The summed E-state index contributed by atoms with van der Waals surface area (Å²) in [6, 6.07) is 6.81. The number of para-hydroxylation sites is 1. The minimum absolute atomic E-state index is 0.143. The minimum atomic E-state index is -1.16. The molecule has 0 bridgehead atoms. The van der Waals surface area contributed by atoms with Gasteiger partial charge in [-0.25, -0.2) is 0 Å². The lowest BCUT2D eigenvalue weighted by Crippen LogP contribution is -1.97. The van der Waals surface area contributed by atoms with E-state index in [1.54, 1.807) is 24.3 Å². The van der Waals surface area contributed by atoms with E-state index in [2.05, 4.69) is 0 Å². The Bertz CT molecular complexity index is 370. The first kappa shape index (κ1) is 7.90. The number of hydrogen-bond acceptors (Lipinski definition) is 4. The van der Waals surface area contributed by atoms with Crippen molar-refractivity contribution in [2.45, 2.75) is 6.10 Å². The summed E-state index contributed by atoms with van der Waals surface area (Å²) in [6.45, 7) is 0.143. The van der Waals surface area contributed by atoms with Crippen molar-refractivity contribution in [1.29, 1.82) is 5.26 Å². The van der Waals surface area contributed by atoms with Crippen molar-refractivity contribution >= 4 is 0 Å². The van der Waals surface area contributed by atoms with Gasteiger partial charge in [0.15, 0.2) is 17.6 Å². The van der Waals surface area contributed by atoms with Crippen LogP contribution in [-0.2, 0) is 0 Å². The molecule has 66 valence electrons. The smallest absolute Gasteiger partial charge is 0.231 e. The first-order valence-corrected chi connectivity index (χ1v) is 3.79. The highest BCUT2D eigenvalue weighted by atomic mass is 16.7. The number of fused-ring (bicyclic) bond motifs is 1. The molecule has 2 rings (SSSR count). The molecule has 13 heavy (non-hydrogen) atoms. The Labute approximate surface area is 74.9 Å². The van der Waals surface area contributed by atoms with Gasteiger partial charge in [-0.15, -0.1) is 0 Å². The van der Waals surface area contributed by atoms with Gasteiger partial charge >= 0.3 is 0 Å². The molecule has 1 aliphatic heterocycles. The van der Waals surface area contributed by atoms with Crippen molar-refractivity contribution in [3.05, 3.63) is 23.8 Å². The Morgan fingerprint density at radius 3 is 3.08 bits per heavy atom. The van der Waals surface area contributed by atoms with Gasteiger partial charge in [0, 0.05) is 5.56 Å². The monoisotopic (exact) mass is 177 g/mol. The van der Waals surface area contributed by atoms with Crippen LogP contribution in [0.25, 0.3) is 0 Å². The molecule has 0 saturated heterocycles. The number of rotatable bonds is 1. The summed E-state index contributed by atoms with van der Waals surface area (Å²) < 4.78 is 10.2. The first-order chi connectivity index (χ1) is 6.33. The van der Waals surface area contributed by atoms with E-state index in [4.69, 9.17) is 14.7 Å². The molecular weight excluding hydrogens is 170 g/mol. The summed E-state index contributed by atoms with van der Waals surface area (Å²) in [6.07, 6.45) is -1.16. The van der Waals surface area contributed by atoms with Crippen molar-refractivity contribution < 1.29 is 14.6 Å². The summed E-state index contributed by atoms with van der Waals surface area (Å²) in [5.74, 6) is 1.04.